The van der Waals surface area contributed by atoms with Gasteiger partial charge in [-0.1, -0.05) is 6.07 Å². The molecule has 0 bridgehead atoms. The lowest BCUT2D eigenvalue weighted by molar-refractivity contribution is -0.127. The highest BCUT2D eigenvalue weighted by molar-refractivity contribution is 5.98. The van der Waals surface area contributed by atoms with Crippen LogP contribution in [-0.4, -0.2) is 29.9 Å². The molecule has 0 spiro atoms. The minimum Gasteiger partial charge on any atom is -0.339 e. The van der Waals surface area contributed by atoms with Gasteiger partial charge >= 0.3 is 6.03 Å². The topological polar surface area (TPSA) is 61.4 Å². The van der Waals surface area contributed by atoms with Crippen LogP contribution < -0.4 is 10.6 Å². The fourth-order valence-electron chi connectivity index (χ4n) is 2.63. The zero-order valence-corrected chi connectivity index (χ0v) is 13.2. The molecular formula is C16H19F2N3O2. The van der Waals surface area contributed by atoms with Crippen LogP contribution in [0.3, 0.4) is 0 Å². The predicted molar refractivity (Wildman–Crippen MR) is 81.4 cm³/mol. The number of nitrogens with one attached hydrogen (secondary N) is 2. The molecule has 0 fully saturated rings. The Hall–Kier alpha value is -2.44. The van der Waals surface area contributed by atoms with Crippen LogP contribution in [0.25, 0.3) is 0 Å². The first kappa shape index (κ1) is 16.9. The molecule has 5 nitrogen and oxygen atoms in total. The van der Waals surface area contributed by atoms with Gasteiger partial charge in [0.15, 0.2) is 0 Å². The molecule has 1 heterocycles. The molecule has 0 radical (unpaired) electrons. The van der Waals surface area contributed by atoms with Gasteiger partial charge in [-0.25, -0.2) is 13.6 Å². The van der Waals surface area contributed by atoms with Crippen LogP contribution in [0.4, 0.5) is 13.6 Å². The van der Waals surface area contributed by atoms with Crippen molar-refractivity contribution in [3.8, 4) is 0 Å². The van der Waals surface area contributed by atoms with E-state index in [9.17, 15) is 18.4 Å². The first-order chi connectivity index (χ1) is 10.9. The molecule has 23 heavy (non-hydrogen) atoms. The number of rotatable bonds is 4. The van der Waals surface area contributed by atoms with Gasteiger partial charge in [-0.3, -0.25) is 4.79 Å². The van der Waals surface area contributed by atoms with E-state index in [1.165, 1.54) is 6.07 Å². The van der Waals surface area contributed by atoms with E-state index in [1.54, 1.807) is 11.8 Å². The summed E-state index contributed by atoms with van der Waals surface area (Å²) in [6.45, 7) is 6.22. The molecule has 1 atom stereocenters. The maximum absolute atomic E-state index is 14.1. The van der Waals surface area contributed by atoms with Gasteiger partial charge in [0.25, 0.3) is 5.91 Å². The van der Waals surface area contributed by atoms with Crippen LogP contribution in [0.2, 0.25) is 0 Å². The number of hydrogen-bond donors (Lipinski definition) is 2. The molecule has 0 aliphatic carbocycles. The largest absolute Gasteiger partial charge is 0.339 e. The van der Waals surface area contributed by atoms with E-state index in [4.69, 9.17) is 0 Å². The maximum Gasteiger partial charge on any atom is 0.319 e. The second kappa shape index (κ2) is 6.76. The molecule has 2 N–H and O–H groups in total. The zero-order chi connectivity index (χ0) is 17.1. The van der Waals surface area contributed by atoms with Gasteiger partial charge in [-0.05, 0) is 26.8 Å². The molecule has 1 aromatic carbocycles. The summed E-state index contributed by atoms with van der Waals surface area (Å²) in [5.41, 5.74) is 0.661. The monoisotopic (exact) mass is 323 g/mol. The van der Waals surface area contributed by atoms with Crippen molar-refractivity contribution >= 4 is 11.9 Å². The normalized spacial score (nSPS) is 17.6. The smallest absolute Gasteiger partial charge is 0.319 e. The van der Waals surface area contributed by atoms with Gasteiger partial charge in [0, 0.05) is 30.4 Å². The van der Waals surface area contributed by atoms with Gasteiger partial charge < -0.3 is 15.5 Å². The van der Waals surface area contributed by atoms with E-state index in [1.807, 2.05) is 13.8 Å². The molecule has 0 saturated carbocycles. The molecule has 0 saturated heterocycles. The van der Waals surface area contributed by atoms with E-state index >= 15 is 0 Å². The van der Waals surface area contributed by atoms with E-state index in [2.05, 4.69) is 10.6 Å². The van der Waals surface area contributed by atoms with Crippen LogP contribution >= 0.6 is 0 Å². The molecule has 2 rings (SSSR count). The Morgan fingerprint density at radius 3 is 2.48 bits per heavy atom. The third kappa shape index (κ3) is 3.33. The van der Waals surface area contributed by atoms with Gasteiger partial charge in [0.05, 0.1) is 11.6 Å². The van der Waals surface area contributed by atoms with Crippen molar-refractivity contribution in [1.29, 1.82) is 0 Å². The summed E-state index contributed by atoms with van der Waals surface area (Å²) in [5, 5.41) is 5.07. The second-order valence-electron chi connectivity index (χ2n) is 5.21. The Labute approximate surface area is 133 Å². The van der Waals surface area contributed by atoms with Gasteiger partial charge in [-0.2, -0.15) is 0 Å². The first-order valence-electron chi connectivity index (χ1n) is 7.41. The third-order valence-corrected chi connectivity index (χ3v) is 3.82. The molecule has 3 amide bonds. The molecule has 7 heteroatoms. The van der Waals surface area contributed by atoms with Crippen LogP contribution in [0, 0.1) is 11.6 Å². The van der Waals surface area contributed by atoms with Crippen molar-refractivity contribution in [3.05, 3.63) is 46.7 Å². The number of halogens is 2. The lowest BCUT2D eigenvalue weighted by Crippen LogP contribution is -2.48. The van der Waals surface area contributed by atoms with Crippen molar-refractivity contribution in [1.82, 2.24) is 15.5 Å². The first-order valence-corrected chi connectivity index (χ1v) is 7.41. The number of allylic oxidation sites excluding steroid dienone is 1. The predicted octanol–water partition coefficient (Wildman–Crippen LogP) is 2.46. The highest BCUT2D eigenvalue weighted by Gasteiger charge is 2.34. The fourth-order valence-corrected chi connectivity index (χ4v) is 2.63. The number of amides is 3. The summed E-state index contributed by atoms with van der Waals surface area (Å²) < 4.78 is 27.3. The van der Waals surface area contributed by atoms with Crippen molar-refractivity contribution in [2.75, 3.05) is 13.1 Å². The summed E-state index contributed by atoms with van der Waals surface area (Å²) in [5.74, 6) is -1.83. The Bertz CT molecular complexity index is 669. The summed E-state index contributed by atoms with van der Waals surface area (Å²) in [6.07, 6.45) is 0. The Morgan fingerprint density at radius 2 is 1.91 bits per heavy atom. The van der Waals surface area contributed by atoms with E-state index in [0.717, 1.165) is 12.1 Å². The van der Waals surface area contributed by atoms with Crippen LogP contribution in [0.15, 0.2) is 29.5 Å². The standard InChI is InChI=1S/C16H19F2N3O2/c1-4-21(5-2)15(22)13-9(3)19-16(23)20-14(13)11-7-6-10(17)8-12(11)18/h6-8,14H,4-5H2,1-3H3,(H2,19,20,23)/t14-/m1/s1. The van der Waals surface area contributed by atoms with E-state index in [0.29, 0.717) is 18.8 Å². The summed E-state index contributed by atoms with van der Waals surface area (Å²) in [4.78, 5) is 26.0. The van der Waals surface area contributed by atoms with Crippen LogP contribution in [-0.2, 0) is 4.79 Å². The van der Waals surface area contributed by atoms with Gasteiger partial charge in [0.1, 0.15) is 11.6 Å². The Balaban J connectivity index is 2.52. The van der Waals surface area contributed by atoms with E-state index in [-0.39, 0.29) is 17.0 Å². The molecule has 1 aliphatic rings. The molecule has 1 aromatic rings. The minimum absolute atomic E-state index is 0.0520. The van der Waals surface area contributed by atoms with Crippen molar-refractivity contribution in [2.45, 2.75) is 26.8 Å². The highest BCUT2D eigenvalue weighted by Crippen LogP contribution is 2.30. The number of hydrogen-bond acceptors (Lipinski definition) is 2. The molecule has 124 valence electrons. The molecular weight excluding hydrogens is 304 g/mol. The van der Waals surface area contributed by atoms with Gasteiger partial charge in [0.2, 0.25) is 0 Å². The number of carbonyl (C=O) groups excluding carboxylic acids is 2. The average Bonchev–Trinajstić information content (AvgIpc) is 2.47. The lowest BCUT2D eigenvalue weighted by Gasteiger charge is -2.31. The highest BCUT2D eigenvalue weighted by atomic mass is 19.1. The Kier molecular flexibility index (Phi) is 4.98. The fraction of sp³-hybridized carbons (Fsp3) is 0.375. The van der Waals surface area contributed by atoms with Crippen molar-refractivity contribution < 1.29 is 18.4 Å². The van der Waals surface area contributed by atoms with E-state index < -0.39 is 23.7 Å². The quantitative estimate of drug-likeness (QED) is 0.894. The molecule has 0 aromatic heterocycles. The number of carbonyl (C=O) groups is 2. The van der Waals surface area contributed by atoms with Crippen LogP contribution in [0.5, 0.6) is 0 Å². The molecule has 0 unspecified atom stereocenters. The SMILES string of the molecule is CCN(CC)C(=O)C1=C(C)NC(=O)N[C@@H]1c1ccc(F)cc1F. The Morgan fingerprint density at radius 1 is 1.26 bits per heavy atom. The number of benzene rings is 1. The van der Waals surface area contributed by atoms with Crippen molar-refractivity contribution in [2.24, 2.45) is 0 Å². The minimum atomic E-state index is -0.961. The average molecular weight is 323 g/mol. The third-order valence-electron chi connectivity index (χ3n) is 3.82. The number of urea groups is 1. The number of nitrogens with zero attached hydrogens (tertiary/aromatic N) is 1. The second-order valence-corrected chi connectivity index (χ2v) is 5.21. The molecule has 1 aliphatic heterocycles. The lowest BCUT2D eigenvalue weighted by atomic mass is 9.94. The summed E-state index contributed by atoms with van der Waals surface area (Å²) >= 11 is 0. The maximum atomic E-state index is 14.1. The van der Waals surface area contributed by atoms with Crippen molar-refractivity contribution in [3.63, 3.8) is 0 Å². The van der Waals surface area contributed by atoms with Gasteiger partial charge in [-0.15, -0.1) is 0 Å². The number of likely N-dealkylation sites (N-methyl/N-ethyl adjacent to an activating group) is 1. The van der Waals surface area contributed by atoms with Crippen LogP contribution in [0.1, 0.15) is 32.4 Å². The summed E-state index contributed by atoms with van der Waals surface area (Å²) in [7, 11) is 0. The summed E-state index contributed by atoms with van der Waals surface area (Å²) in [6, 6.07) is 1.58. The zero-order valence-electron chi connectivity index (χ0n) is 13.2.